The zero-order chi connectivity index (χ0) is 13.7. The number of hydrogen-bond acceptors (Lipinski definition) is 3. The minimum Gasteiger partial charge on any atom is -0.445 e. The van der Waals surface area contributed by atoms with Crippen LogP contribution < -0.4 is 0 Å². The minimum atomic E-state index is -1.18. The molecule has 0 aromatic heterocycles. The molecule has 0 bridgehead atoms. The highest BCUT2D eigenvalue weighted by atomic mass is 19.1. The lowest BCUT2D eigenvalue weighted by molar-refractivity contribution is 0.0344. The highest BCUT2D eigenvalue weighted by Crippen LogP contribution is 2.20. The van der Waals surface area contributed by atoms with Crippen molar-refractivity contribution in [3.8, 4) is 0 Å². The van der Waals surface area contributed by atoms with E-state index in [2.05, 4.69) is 0 Å². The van der Waals surface area contributed by atoms with E-state index in [0.29, 0.717) is 13.0 Å². The molecule has 104 valence electrons. The Balaban J connectivity index is 1.81. The summed E-state index contributed by atoms with van der Waals surface area (Å²) in [5.41, 5.74) is 0.901. The number of carbonyl (C=O) groups is 1. The lowest BCUT2D eigenvalue weighted by Crippen LogP contribution is -2.46. The van der Waals surface area contributed by atoms with Crippen LogP contribution in [-0.4, -0.2) is 42.0 Å². The Labute approximate surface area is 111 Å². The molecule has 0 radical (unpaired) electrons. The Hall–Kier alpha value is -1.62. The number of ether oxygens (including phenoxy) is 1. The normalized spacial score (nSPS) is 23.2. The van der Waals surface area contributed by atoms with E-state index in [1.165, 1.54) is 4.90 Å². The van der Waals surface area contributed by atoms with Crippen LogP contribution in [0.1, 0.15) is 12.0 Å². The quantitative estimate of drug-likeness (QED) is 0.911. The summed E-state index contributed by atoms with van der Waals surface area (Å²) >= 11 is 0. The summed E-state index contributed by atoms with van der Waals surface area (Å²) in [6.07, 6.45) is -1.20. The first kappa shape index (κ1) is 13.8. The molecule has 19 heavy (non-hydrogen) atoms. The maximum Gasteiger partial charge on any atom is 0.410 e. The second kappa shape index (κ2) is 6.52. The number of rotatable bonds is 3. The van der Waals surface area contributed by atoms with Gasteiger partial charge in [0, 0.05) is 19.1 Å². The van der Waals surface area contributed by atoms with Gasteiger partial charge in [0.2, 0.25) is 0 Å². The van der Waals surface area contributed by atoms with Crippen molar-refractivity contribution < 1.29 is 19.0 Å². The fourth-order valence-electron chi connectivity index (χ4n) is 2.14. The van der Waals surface area contributed by atoms with Gasteiger partial charge in [-0.2, -0.15) is 0 Å². The zero-order valence-corrected chi connectivity index (χ0v) is 10.7. The highest BCUT2D eigenvalue weighted by molar-refractivity contribution is 5.67. The van der Waals surface area contributed by atoms with Gasteiger partial charge < -0.3 is 14.7 Å². The fraction of sp³-hybridized carbons (Fsp3) is 0.500. The summed E-state index contributed by atoms with van der Waals surface area (Å²) in [4.78, 5) is 13.1. The van der Waals surface area contributed by atoms with Crippen LogP contribution in [-0.2, 0) is 11.3 Å². The average molecular weight is 267 g/mol. The number of aliphatic hydroxyl groups excluding tert-OH is 1. The first-order valence-corrected chi connectivity index (χ1v) is 6.41. The molecule has 0 aliphatic carbocycles. The number of aliphatic hydroxyl groups is 1. The first-order valence-electron chi connectivity index (χ1n) is 6.41. The van der Waals surface area contributed by atoms with Crippen molar-refractivity contribution in [2.24, 2.45) is 5.92 Å². The maximum absolute atomic E-state index is 13.6. The van der Waals surface area contributed by atoms with E-state index in [-0.39, 0.29) is 25.7 Å². The van der Waals surface area contributed by atoms with Crippen molar-refractivity contribution in [2.45, 2.75) is 19.2 Å². The number of halogens is 1. The minimum absolute atomic E-state index is 0.00114. The topological polar surface area (TPSA) is 49.8 Å². The summed E-state index contributed by atoms with van der Waals surface area (Å²) in [6, 6.07) is 9.35. The van der Waals surface area contributed by atoms with Crippen molar-refractivity contribution in [3.63, 3.8) is 0 Å². The molecule has 4 nitrogen and oxygen atoms in total. The molecule has 1 aromatic carbocycles. The predicted molar refractivity (Wildman–Crippen MR) is 68.3 cm³/mol. The van der Waals surface area contributed by atoms with E-state index in [0.717, 1.165) is 5.56 Å². The van der Waals surface area contributed by atoms with E-state index in [9.17, 15) is 9.18 Å². The largest absolute Gasteiger partial charge is 0.445 e. The van der Waals surface area contributed by atoms with Crippen LogP contribution in [0, 0.1) is 5.92 Å². The molecular weight excluding hydrogens is 249 g/mol. The molecule has 2 rings (SSSR count). The Morgan fingerprint density at radius 3 is 2.79 bits per heavy atom. The molecule has 5 heteroatoms. The number of amides is 1. The van der Waals surface area contributed by atoms with Gasteiger partial charge in [-0.3, -0.25) is 0 Å². The number of likely N-dealkylation sites (tertiary alicyclic amines) is 1. The molecule has 2 atom stereocenters. The van der Waals surface area contributed by atoms with Crippen LogP contribution >= 0.6 is 0 Å². The second-order valence-electron chi connectivity index (χ2n) is 4.73. The molecular formula is C14H18FNO3. The van der Waals surface area contributed by atoms with Gasteiger partial charge in [0.05, 0.1) is 6.54 Å². The highest BCUT2D eigenvalue weighted by Gasteiger charge is 2.31. The number of benzene rings is 1. The van der Waals surface area contributed by atoms with E-state index in [1.807, 2.05) is 30.3 Å². The molecule has 1 aliphatic rings. The van der Waals surface area contributed by atoms with Crippen LogP contribution in [0.5, 0.6) is 0 Å². The molecule has 2 unspecified atom stereocenters. The van der Waals surface area contributed by atoms with E-state index >= 15 is 0 Å². The number of hydrogen-bond donors (Lipinski definition) is 1. The third-order valence-corrected chi connectivity index (χ3v) is 3.37. The van der Waals surface area contributed by atoms with Gasteiger partial charge in [-0.25, -0.2) is 9.18 Å². The Morgan fingerprint density at radius 1 is 1.42 bits per heavy atom. The van der Waals surface area contributed by atoms with Crippen molar-refractivity contribution >= 4 is 6.09 Å². The van der Waals surface area contributed by atoms with Gasteiger partial charge in [-0.05, 0) is 12.0 Å². The summed E-state index contributed by atoms with van der Waals surface area (Å²) < 4.78 is 18.8. The van der Waals surface area contributed by atoms with Crippen molar-refractivity contribution in [1.82, 2.24) is 4.90 Å². The lowest BCUT2D eigenvalue weighted by atomic mass is 9.96. The first-order chi connectivity index (χ1) is 9.20. The third-order valence-electron chi connectivity index (χ3n) is 3.37. The van der Waals surface area contributed by atoms with Crippen LogP contribution in [0.3, 0.4) is 0 Å². The number of carbonyl (C=O) groups excluding carboxylic acids is 1. The van der Waals surface area contributed by atoms with E-state index in [4.69, 9.17) is 9.84 Å². The predicted octanol–water partition coefficient (Wildman–Crippen LogP) is 1.98. The molecule has 1 aliphatic heterocycles. The van der Waals surface area contributed by atoms with Gasteiger partial charge in [0.15, 0.2) is 0 Å². The van der Waals surface area contributed by atoms with Crippen molar-refractivity contribution in [1.29, 1.82) is 0 Å². The van der Waals surface area contributed by atoms with Gasteiger partial charge in [-0.15, -0.1) is 0 Å². The van der Waals surface area contributed by atoms with Crippen molar-refractivity contribution in [3.05, 3.63) is 35.9 Å². The van der Waals surface area contributed by atoms with Crippen LogP contribution in [0.2, 0.25) is 0 Å². The second-order valence-corrected chi connectivity index (χ2v) is 4.73. The van der Waals surface area contributed by atoms with E-state index < -0.39 is 12.3 Å². The summed E-state index contributed by atoms with van der Waals surface area (Å²) in [7, 11) is 0. The molecule has 0 saturated carbocycles. The molecule has 1 amide bonds. The summed E-state index contributed by atoms with van der Waals surface area (Å²) in [6.45, 7) is 0.447. The standard InChI is InChI=1S/C14H18FNO3/c15-13-8-16(7-6-12(13)9-17)14(18)19-10-11-4-2-1-3-5-11/h1-5,12-13,17H,6-10H2. The Morgan fingerprint density at radius 2 is 2.16 bits per heavy atom. The Kier molecular flexibility index (Phi) is 4.74. The maximum atomic E-state index is 13.6. The summed E-state index contributed by atoms with van der Waals surface area (Å²) in [5.74, 6) is -0.363. The van der Waals surface area contributed by atoms with Gasteiger partial charge in [-0.1, -0.05) is 30.3 Å². The third kappa shape index (κ3) is 3.67. The fourth-order valence-corrected chi connectivity index (χ4v) is 2.14. The SMILES string of the molecule is O=C(OCc1ccccc1)N1CCC(CO)C(F)C1. The Bertz CT molecular complexity index is 412. The van der Waals surface area contributed by atoms with Gasteiger partial charge >= 0.3 is 6.09 Å². The lowest BCUT2D eigenvalue weighted by Gasteiger charge is -2.33. The molecule has 1 fully saturated rings. The monoisotopic (exact) mass is 267 g/mol. The number of nitrogens with zero attached hydrogens (tertiary/aromatic N) is 1. The van der Waals surface area contributed by atoms with Gasteiger partial charge in [0.1, 0.15) is 12.8 Å². The van der Waals surface area contributed by atoms with Crippen LogP contribution in [0.4, 0.5) is 9.18 Å². The molecule has 1 heterocycles. The smallest absolute Gasteiger partial charge is 0.410 e. The number of piperidine rings is 1. The number of alkyl halides is 1. The zero-order valence-electron chi connectivity index (χ0n) is 10.7. The summed E-state index contributed by atoms with van der Waals surface area (Å²) in [5, 5.41) is 8.96. The molecule has 1 saturated heterocycles. The van der Waals surface area contributed by atoms with Crippen LogP contribution in [0.15, 0.2) is 30.3 Å². The molecule has 0 spiro atoms. The average Bonchev–Trinajstić information content (AvgIpc) is 2.45. The van der Waals surface area contributed by atoms with E-state index in [1.54, 1.807) is 0 Å². The van der Waals surface area contributed by atoms with Gasteiger partial charge in [0.25, 0.3) is 0 Å². The molecule has 1 N–H and O–H groups in total. The van der Waals surface area contributed by atoms with Crippen molar-refractivity contribution in [2.75, 3.05) is 19.7 Å². The molecule has 1 aromatic rings. The van der Waals surface area contributed by atoms with Crippen LogP contribution in [0.25, 0.3) is 0 Å².